The van der Waals surface area contributed by atoms with Gasteiger partial charge in [0.15, 0.2) is 0 Å². The monoisotopic (exact) mass is 371 g/mol. The van der Waals surface area contributed by atoms with E-state index in [4.69, 9.17) is 0 Å². The maximum Gasteiger partial charge on any atom is 0.141 e. The first kappa shape index (κ1) is 17.5. The van der Waals surface area contributed by atoms with Crippen LogP contribution in [0.2, 0.25) is 0 Å². The van der Waals surface area contributed by atoms with Crippen LogP contribution in [-0.2, 0) is 17.8 Å². The van der Waals surface area contributed by atoms with Crippen LogP contribution < -0.4 is 0 Å². The summed E-state index contributed by atoms with van der Waals surface area (Å²) in [5.41, 5.74) is 4.45. The Morgan fingerprint density at radius 3 is 2.64 bits per heavy atom. The maximum absolute atomic E-state index is 12.1. The van der Waals surface area contributed by atoms with Crippen LogP contribution in [0.15, 0.2) is 48.9 Å². The van der Waals surface area contributed by atoms with Crippen molar-refractivity contribution in [3.63, 3.8) is 0 Å². The highest BCUT2D eigenvalue weighted by Crippen LogP contribution is 2.31. The molecule has 0 N–H and O–H groups in total. The molecule has 1 aliphatic heterocycles. The minimum absolute atomic E-state index is 0.285. The highest BCUT2D eigenvalue weighted by atomic mass is 16.1. The third-order valence-corrected chi connectivity index (χ3v) is 5.90. The van der Waals surface area contributed by atoms with Gasteiger partial charge in [0.05, 0.1) is 0 Å². The Morgan fingerprint density at radius 2 is 1.82 bits per heavy atom. The number of nitrogens with zero attached hydrogens (tertiary/aromatic N) is 3. The molecule has 1 saturated heterocycles. The summed E-state index contributed by atoms with van der Waals surface area (Å²) in [4.78, 5) is 23.6. The summed E-state index contributed by atoms with van der Waals surface area (Å²) in [5.74, 6) is 0.620. The zero-order chi connectivity index (χ0) is 18.9. The lowest BCUT2D eigenvalue weighted by Gasteiger charge is -2.15. The quantitative estimate of drug-likeness (QED) is 0.644. The van der Waals surface area contributed by atoms with Crippen LogP contribution in [0.5, 0.6) is 0 Å². The molecular formula is C24H25N3O. The molecule has 0 amide bonds. The van der Waals surface area contributed by atoms with Gasteiger partial charge >= 0.3 is 0 Å². The molecule has 1 aliphatic carbocycles. The summed E-state index contributed by atoms with van der Waals surface area (Å²) in [6.07, 6.45) is 11.0. The molecule has 1 aromatic carbocycles. The summed E-state index contributed by atoms with van der Waals surface area (Å²) in [7, 11) is 0. The molecule has 2 aromatic heterocycles. The van der Waals surface area contributed by atoms with Crippen molar-refractivity contribution in [3.05, 3.63) is 60.2 Å². The van der Waals surface area contributed by atoms with Gasteiger partial charge in [0.1, 0.15) is 5.78 Å². The Bertz CT molecular complexity index is 1020. The highest BCUT2D eigenvalue weighted by Gasteiger charge is 2.29. The number of pyridine rings is 2. The zero-order valence-electron chi connectivity index (χ0n) is 16.1. The number of likely N-dealkylation sites (tertiary alicyclic amines) is 1. The van der Waals surface area contributed by atoms with Crippen molar-refractivity contribution < 1.29 is 4.79 Å². The summed E-state index contributed by atoms with van der Waals surface area (Å²) in [6.45, 7) is 3.36. The molecule has 0 unspecified atom stereocenters. The minimum atomic E-state index is 0.285. The van der Waals surface area contributed by atoms with Gasteiger partial charge in [-0.25, -0.2) is 0 Å². The second-order valence-electron chi connectivity index (χ2n) is 8.22. The van der Waals surface area contributed by atoms with Gasteiger partial charge in [0, 0.05) is 54.1 Å². The highest BCUT2D eigenvalue weighted by molar-refractivity contribution is 5.89. The van der Waals surface area contributed by atoms with E-state index in [1.807, 2.05) is 18.6 Å². The van der Waals surface area contributed by atoms with Crippen LogP contribution >= 0.6 is 0 Å². The van der Waals surface area contributed by atoms with Gasteiger partial charge in [-0.15, -0.1) is 0 Å². The van der Waals surface area contributed by atoms with Gasteiger partial charge in [-0.1, -0.05) is 12.1 Å². The molecule has 2 fully saturated rings. The van der Waals surface area contributed by atoms with E-state index in [0.29, 0.717) is 12.2 Å². The van der Waals surface area contributed by atoms with Crippen LogP contribution in [0.25, 0.3) is 21.9 Å². The van der Waals surface area contributed by atoms with Crippen molar-refractivity contribution >= 4 is 16.6 Å². The largest absolute Gasteiger partial charge is 0.299 e. The predicted molar refractivity (Wildman–Crippen MR) is 111 cm³/mol. The van der Waals surface area contributed by atoms with Gasteiger partial charge in [-0.3, -0.25) is 19.7 Å². The SMILES string of the molecule is O=C(Cc1cc2cc(-c3cncc(CN4CCCC4)c3)ccc2cn1)C1CC1. The van der Waals surface area contributed by atoms with Gasteiger partial charge < -0.3 is 0 Å². The predicted octanol–water partition coefficient (Wildman–Crippen LogP) is 4.41. The maximum atomic E-state index is 12.1. The first-order valence-corrected chi connectivity index (χ1v) is 10.3. The Hall–Kier alpha value is -2.59. The van der Waals surface area contributed by atoms with Gasteiger partial charge in [0.2, 0.25) is 0 Å². The molecule has 2 aliphatic rings. The second kappa shape index (κ2) is 7.44. The van der Waals surface area contributed by atoms with Crippen LogP contribution in [0.4, 0.5) is 0 Å². The van der Waals surface area contributed by atoms with Crippen molar-refractivity contribution in [2.45, 2.75) is 38.6 Å². The minimum Gasteiger partial charge on any atom is -0.299 e. The number of hydrogen-bond donors (Lipinski definition) is 0. The fraction of sp³-hybridized carbons (Fsp3) is 0.375. The van der Waals surface area contributed by atoms with Crippen molar-refractivity contribution in [1.82, 2.24) is 14.9 Å². The first-order chi connectivity index (χ1) is 13.7. The normalized spacial score (nSPS) is 17.3. The lowest BCUT2D eigenvalue weighted by atomic mass is 10.0. The smallest absolute Gasteiger partial charge is 0.141 e. The van der Waals surface area contributed by atoms with Gasteiger partial charge in [-0.2, -0.15) is 0 Å². The summed E-state index contributed by atoms with van der Waals surface area (Å²) >= 11 is 0. The Morgan fingerprint density at radius 1 is 0.964 bits per heavy atom. The number of aromatic nitrogens is 2. The van der Waals surface area contributed by atoms with Crippen LogP contribution in [0.3, 0.4) is 0 Å². The average molecular weight is 371 g/mol. The number of hydrogen-bond acceptors (Lipinski definition) is 4. The number of carbonyl (C=O) groups excluding carboxylic acids is 1. The summed E-state index contributed by atoms with van der Waals surface area (Å²) in [6, 6.07) is 10.8. The fourth-order valence-electron chi connectivity index (χ4n) is 4.12. The topological polar surface area (TPSA) is 46.1 Å². The Balaban J connectivity index is 1.41. The molecule has 3 heterocycles. The standard InChI is InChI=1S/C24H25N3O/c28-24(18-3-4-18)12-23-11-21-10-19(5-6-20(21)15-26-23)22-9-17(13-25-14-22)16-27-7-1-2-8-27/h5-6,9-11,13-15,18H,1-4,7-8,12,16H2. The number of fused-ring (bicyclic) bond motifs is 1. The molecule has 4 heteroatoms. The van der Waals surface area contributed by atoms with Crippen molar-refractivity contribution in [2.75, 3.05) is 13.1 Å². The fourth-order valence-corrected chi connectivity index (χ4v) is 4.12. The third-order valence-electron chi connectivity index (χ3n) is 5.90. The molecule has 0 bridgehead atoms. The Kier molecular flexibility index (Phi) is 4.65. The number of ketones is 1. The van der Waals surface area contributed by atoms with E-state index in [0.717, 1.165) is 47.0 Å². The van der Waals surface area contributed by atoms with Gasteiger partial charge in [0.25, 0.3) is 0 Å². The summed E-state index contributed by atoms with van der Waals surface area (Å²) in [5, 5.41) is 2.24. The number of carbonyl (C=O) groups is 1. The molecule has 0 spiro atoms. The lowest BCUT2D eigenvalue weighted by molar-refractivity contribution is -0.119. The Labute approximate surface area is 165 Å². The van der Waals surface area contributed by atoms with Crippen LogP contribution in [0.1, 0.15) is 36.9 Å². The van der Waals surface area contributed by atoms with E-state index in [2.05, 4.69) is 45.2 Å². The molecule has 4 nitrogen and oxygen atoms in total. The second-order valence-corrected chi connectivity index (χ2v) is 8.22. The molecular weight excluding hydrogens is 346 g/mol. The molecule has 28 heavy (non-hydrogen) atoms. The third kappa shape index (κ3) is 3.83. The molecule has 1 saturated carbocycles. The van der Waals surface area contributed by atoms with E-state index in [1.165, 1.54) is 31.5 Å². The molecule has 3 aromatic rings. The van der Waals surface area contributed by atoms with E-state index in [9.17, 15) is 4.79 Å². The number of benzene rings is 1. The van der Waals surface area contributed by atoms with E-state index < -0.39 is 0 Å². The molecule has 0 radical (unpaired) electrons. The van der Waals surface area contributed by atoms with Gasteiger partial charge in [-0.05, 0) is 73.5 Å². The van der Waals surface area contributed by atoms with Crippen LogP contribution in [0, 0.1) is 5.92 Å². The van der Waals surface area contributed by atoms with Crippen LogP contribution in [-0.4, -0.2) is 33.7 Å². The van der Waals surface area contributed by atoms with E-state index in [-0.39, 0.29) is 5.92 Å². The molecule has 0 atom stereocenters. The van der Waals surface area contributed by atoms with Crippen molar-refractivity contribution in [1.29, 1.82) is 0 Å². The van der Waals surface area contributed by atoms with Crippen molar-refractivity contribution in [3.8, 4) is 11.1 Å². The number of Topliss-reactive ketones (excluding diaryl/α,β-unsaturated/α-hetero) is 1. The zero-order valence-corrected chi connectivity index (χ0v) is 16.1. The van der Waals surface area contributed by atoms with E-state index in [1.54, 1.807) is 0 Å². The molecule has 142 valence electrons. The molecule has 5 rings (SSSR count). The number of rotatable bonds is 6. The van der Waals surface area contributed by atoms with E-state index >= 15 is 0 Å². The summed E-state index contributed by atoms with van der Waals surface area (Å²) < 4.78 is 0. The first-order valence-electron chi connectivity index (χ1n) is 10.3. The average Bonchev–Trinajstić information content (AvgIpc) is 3.45. The lowest BCUT2D eigenvalue weighted by Crippen LogP contribution is -2.18. The van der Waals surface area contributed by atoms with Crippen molar-refractivity contribution in [2.24, 2.45) is 5.92 Å².